The van der Waals surface area contributed by atoms with Gasteiger partial charge in [0.05, 0.1) is 29.6 Å². The highest BCUT2D eigenvalue weighted by atomic mass is 79.9. The minimum Gasteiger partial charge on any atom is -0.493 e. The van der Waals surface area contributed by atoms with Gasteiger partial charge in [0, 0.05) is 0 Å². The van der Waals surface area contributed by atoms with E-state index in [1.54, 1.807) is 25.1 Å². The largest absolute Gasteiger partial charge is 0.493 e. The third kappa shape index (κ3) is 5.68. The monoisotopic (exact) mass is 555 g/mol. The highest BCUT2D eigenvalue weighted by molar-refractivity contribution is 9.10. The van der Waals surface area contributed by atoms with Crippen LogP contribution in [0, 0.1) is 0 Å². The van der Waals surface area contributed by atoms with Crippen molar-refractivity contribution in [1.82, 2.24) is 4.90 Å². The summed E-state index contributed by atoms with van der Waals surface area (Å²) in [6, 6.07) is 17.2. The summed E-state index contributed by atoms with van der Waals surface area (Å²) in [5.74, 6) is -0.149. The first-order valence-electron chi connectivity index (χ1n) is 10.8. The number of hydrogen-bond donors (Lipinski definition) is 0. The molecular weight excluding hydrogens is 534 g/mol. The second-order valence-electron chi connectivity index (χ2n) is 7.58. The number of benzene rings is 3. The third-order valence-corrected chi connectivity index (χ3v) is 6.71. The molecule has 0 bridgehead atoms. The predicted octanol–water partition coefficient (Wildman–Crippen LogP) is 5.79. The van der Waals surface area contributed by atoms with Crippen molar-refractivity contribution in [3.05, 3.63) is 75.1 Å². The molecule has 2 amide bonds. The summed E-state index contributed by atoms with van der Waals surface area (Å²) in [6.07, 6.45) is 1.63. The average molecular weight is 556 g/mol. The van der Waals surface area contributed by atoms with Crippen LogP contribution in [0.25, 0.3) is 16.8 Å². The Morgan fingerprint density at radius 3 is 2.60 bits per heavy atom. The van der Waals surface area contributed by atoms with Gasteiger partial charge in [0.15, 0.2) is 18.1 Å². The number of thioether (sulfide) groups is 1. The average Bonchev–Trinajstić information content (AvgIpc) is 3.10. The molecule has 9 heteroatoms. The Morgan fingerprint density at radius 2 is 1.86 bits per heavy atom. The number of esters is 1. The maximum Gasteiger partial charge on any atom is 0.344 e. The number of carbonyl (C=O) groups excluding carboxylic acids is 3. The Labute approximate surface area is 215 Å². The van der Waals surface area contributed by atoms with Crippen molar-refractivity contribution in [2.75, 3.05) is 20.3 Å². The lowest BCUT2D eigenvalue weighted by atomic mass is 10.1. The molecule has 1 aliphatic rings. The normalized spacial score (nSPS) is 14.6. The van der Waals surface area contributed by atoms with Crippen molar-refractivity contribution in [3.8, 4) is 11.5 Å². The van der Waals surface area contributed by atoms with Crippen LogP contribution in [0.2, 0.25) is 0 Å². The molecule has 0 N–H and O–H groups in total. The molecule has 1 saturated heterocycles. The van der Waals surface area contributed by atoms with E-state index in [4.69, 9.17) is 14.2 Å². The second-order valence-corrected chi connectivity index (χ2v) is 9.42. The number of hydrogen-bond acceptors (Lipinski definition) is 7. The molecule has 0 unspecified atom stereocenters. The molecule has 180 valence electrons. The van der Waals surface area contributed by atoms with Crippen LogP contribution in [0.4, 0.5) is 4.79 Å². The Bertz CT molecular complexity index is 1340. The van der Waals surface area contributed by atoms with Crippen molar-refractivity contribution in [3.63, 3.8) is 0 Å². The van der Waals surface area contributed by atoms with Crippen LogP contribution in [0.1, 0.15) is 18.1 Å². The Morgan fingerprint density at radius 1 is 1.09 bits per heavy atom. The fraction of sp³-hybridized carbons (Fsp3) is 0.192. The molecule has 3 aromatic rings. The van der Waals surface area contributed by atoms with Crippen molar-refractivity contribution < 1.29 is 28.6 Å². The van der Waals surface area contributed by atoms with Gasteiger partial charge in [0.25, 0.3) is 11.1 Å². The van der Waals surface area contributed by atoms with Gasteiger partial charge in [-0.1, -0.05) is 36.4 Å². The van der Waals surface area contributed by atoms with Crippen LogP contribution in [-0.2, 0) is 20.9 Å². The molecule has 0 radical (unpaired) electrons. The number of imide groups is 1. The number of amides is 2. The van der Waals surface area contributed by atoms with Crippen LogP contribution in [0.3, 0.4) is 0 Å². The molecule has 1 heterocycles. The molecule has 35 heavy (non-hydrogen) atoms. The first-order valence-corrected chi connectivity index (χ1v) is 12.4. The Balaban J connectivity index is 1.53. The van der Waals surface area contributed by atoms with Gasteiger partial charge in [-0.3, -0.25) is 14.5 Å². The molecule has 1 aliphatic heterocycles. The third-order valence-electron chi connectivity index (χ3n) is 5.22. The number of fused-ring (bicyclic) bond motifs is 1. The fourth-order valence-corrected chi connectivity index (χ4v) is 5.02. The summed E-state index contributed by atoms with van der Waals surface area (Å²) in [6.45, 7) is 1.90. The van der Waals surface area contributed by atoms with Crippen molar-refractivity contribution in [1.29, 1.82) is 0 Å². The Hall–Kier alpha value is -3.30. The maximum absolute atomic E-state index is 13.0. The summed E-state index contributed by atoms with van der Waals surface area (Å²) in [7, 11) is 1.47. The second kappa shape index (κ2) is 11.0. The van der Waals surface area contributed by atoms with Crippen LogP contribution < -0.4 is 9.47 Å². The Kier molecular flexibility index (Phi) is 7.77. The number of ether oxygens (including phenoxy) is 3. The summed E-state index contributed by atoms with van der Waals surface area (Å²) in [4.78, 5) is 38.8. The topological polar surface area (TPSA) is 82.1 Å². The van der Waals surface area contributed by atoms with Crippen LogP contribution in [0.15, 0.2) is 64.0 Å². The molecule has 0 atom stereocenters. The van der Waals surface area contributed by atoms with Crippen molar-refractivity contribution >= 4 is 61.7 Å². The van der Waals surface area contributed by atoms with Gasteiger partial charge in [-0.25, -0.2) is 4.79 Å². The van der Waals surface area contributed by atoms with E-state index in [0.717, 1.165) is 28.1 Å². The van der Waals surface area contributed by atoms with E-state index >= 15 is 0 Å². The minimum absolute atomic E-state index is 0.195. The van der Waals surface area contributed by atoms with Gasteiger partial charge in [0.2, 0.25) is 0 Å². The van der Waals surface area contributed by atoms with E-state index in [1.165, 1.54) is 12.0 Å². The van der Waals surface area contributed by atoms with Gasteiger partial charge < -0.3 is 14.2 Å². The van der Waals surface area contributed by atoms with E-state index in [2.05, 4.69) is 15.9 Å². The molecular formula is C26H22BrNO6S. The first-order chi connectivity index (χ1) is 16.9. The zero-order valence-electron chi connectivity index (χ0n) is 19.1. The SMILES string of the molecule is CCOC(=O)COc1c(Br)cc(/C=C2\SC(=O)N(Cc3ccc4ccccc4c3)C2=O)cc1OC. The van der Waals surface area contributed by atoms with Crippen molar-refractivity contribution in [2.45, 2.75) is 13.5 Å². The van der Waals surface area contributed by atoms with Gasteiger partial charge in [-0.05, 0) is 80.8 Å². The van der Waals surface area contributed by atoms with E-state index < -0.39 is 5.97 Å². The number of carbonyl (C=O) groups is 3. The van der Waals surface area contributed by atoms with E-state index in [9.17, 15) is 14.4 Å². The maximum atomic E-state index is 13.0. The summed E-state index contributed by atoms with van der Waals surface area (Å²) in [5.41, 5.74) is 1.51. The summed E-state index contributed by atoms with van der Waals surface area (Å²) >= 11 is 4.32. The van der Waals surface area contributed by atoms with E-state index in [1.807, 2.05) is 42.5 Å². The number of rotatable bonds is 8. The highest BCUT2D eigenvalue weighted by Gasteiger charge is 2.35. The van der Waals surface area contributed by atoms with Gasteiger partial charge in [0.1, 0.15) is 0 Å². The highest BCUT2D eigenvalue weighted by Crippen LogP contribution is 2.39. The zero-order valence-corrected chi connectivity index (χ0v) is 21.5. The van der Waals surface area contributed by atoms with E-state index in [0.29, 0.717) is 26.4 Å². The van der Waals surface area contributed by atoms with Crippen LogP contribution in [-0.4, -0.2) is 42.3 Å². The number of nitrogens with zero attached hydrogens (tertiary/aromatic N) is 1. The molecule has 0 saturated carbocycles. The number of halogens is 1. The summed E-state index contributed by atoms with van der Waals surface area (Å²) in [5, 5.41) is 1.82. The van der Waals surface area contributed by atoms with E-state index in [-0.39, 0.29) is 30.9 Å². The molecule has 3 aromatic carbocycles. The lowest BCUT2D eigenvalue weighted by Crippen LogP contribution is -2.27. The minimum atomic E-state index is -0.495. The molecule has 0 aromatic heterocycles. The summed E-state index contributed by atoms with van der Waals surface area (Å²) < 4.78 is 16.4. The fourth-order valence-electron chi connectivity index (χ4n) is 3.60. The molecule has 0 aliphatic carbocycles. The lowest BCUT2D eigenvalue weighted by Gasteiger charge is -2.14. The van der Waals surface area contributed by atoms with Crippen molar-refractivity contribution in [2.24, 2.45) is 0 Å². The molecule has 7 nitrogen and oxygen atoms in total. The molecule has 0 spiro atoms. The number of methoxy groups -OCH3 is 1. The van der Waals surface area contributed by atoms with Crippen LogP contribution >= 0.6 is 27.7 Å². The zero-order chi connectivity index (χ0) is 24.9. The lowest BCUT2D eigenvalue weighted by molar-refractivity contribution is -0.145. The molecule has 1 fully saturated rings. The smallest absolute Gasteiger partial charge is 0.344 e. The predicted molar refractivity (Wildman–Crippen MR) is 138 cm³/mol. The van der Waals surface area contributed by atoms with Crippen LogP contribution in [0.5, 0.6) is 11.5 Å². The standard InChI is InChI=1S/C26H22BrNO6S/c1-3-33-23(29)15-34-24-20(27)11-17(12-21(24)32-2)13-22-25(30)28(26(31)35-22)14-16-8-9-18-6-4-5-7-19(18)10-16/h4-13H,3,14-15H2,1-2H3/b22-13-. The molecule has 4 rings (SSSR count). The quantitative estimate of drug-likeness (QED) is 0.257. The first kappa shape index (κ1) is 24.8. The van der Waals surface area contributed by atoms with Gasteiger partial charge >= 0.3 is 5.97 Å². The van der Waals surface area contributed by atoms with Gasteiger partial charge in [-0.15, -0.1) is 0 Å². The van der Waals surface area contributed by atoms with Gasteiger partial charge in [-0.2, -0.15) is 0 Å².